The third kappa shape index (κ3) is 3.13. The van der Waals surface area contributed by atoms with Gasteiger partial charge in [0.25, 0.3) is 5.56 Å². The van der Waals surface area contributed by atoms with E-state index in [-0.39, 0.29) is 12.4 Å². The summed E-state index contributed by atoms with van der Waals surface area (Å²) in [7, 11) is 4.92. The second-order valence-electron chi connectivity index (χ2n) is 8.00. The number of ether oxygens (including phenoxy) is 4. The summed E-state index contributed by atoms with van der Waals surface area (Å²) >= 11 is 0. The summed E-state index contributed by atoms with van der Waals surface area (Å²) in [5, 5.41) is 11.4. The van der Waals surface area contributed by atoms with Crippen LogP contribution < -0.4 is 35.1 Å². The van der Waals surface area contributed by atoms with E-state index in [0.717, 1.165) is 27.0 Å². The molecule has 0 amide bonds. The fraction of sp³-hybridized carbons (Fsp3) is 0.304. The highest BCUT2D eigenvalue weighted by Gasteiger charge is 2.41. The Hall–Kier alpha value is -3.92. The number of aromatic nitrogens is 2. The minimum absolute atomic E-state index is 0.0520. The van der Waals surface area contributed by atoms with Crippen molar-refractivity contribution >= 4 is 0 Å². The molecular weight excluding hydrogens is 430 g/mol. The van der Waals surface area contributed by atoms with Crippen LogP contribution in [-0.2, 0) is 6.42 Å². The van der Waals surface area contributed by atoms with Crippen molar-refractivity contribution < 1.29 is 29.0 Å². The van der Waals surface area contributed by atoms with Crippen molar-refractivity contribution in [2.45, 2.75) is 12.5 Å². The van der Waals surface area contributed by atoms with Gasteiger partial charge in [-0.05, 0) is 23.8 Å². The first-order valence-electron chi connectivity index (χ1n) is 10.5. The van der Waals surface area contributed by atoms with Gasteiger partial charge >= 0.3 is 5.69 Å². The van der Waals surface area contributed by atoms with E-state index < -0.39 is 23.2 Å². The number of aromatic amines is 1. The minimum Gasteiger partial charge on any atom is -0.495 e. The molecule has 10 nitrogen and oxygen atoms in total. The van der Waals surface area contributed by atoms with Crippen molar-refractivity contribution in [2.75, 3.05) is 34.6 Å². The van der Waals surface area contributed by atoms with Crippen LogP contribution >= 0.6 is 0 Å². The number of likely N-dealkylation sites (N-methyl/N-ethyl adjacent to an activating group) is 1. The van der Waals surface area contributed by atoms with E-state index in [0.29, 0.717) is 35.2 Å². The van der Waals surface area contributed by atoms with Crippen LogP contribution in [0.1, 0.15) is 22.7 Å². The van der Waals surface area contributed by atoms with Crippen molar-refractivity contribution in [3.8, 4) is 34.6 Å². The van der Waals surface area contributed by atoms with Crippen LogP contribution in [-0.4, -0.2) is 49.3 Å². The number of nitrogens with zero attached hydrogens (tertiary/aromatic N) is 1. The predicted molar refractivity (Wildman–Crippen MR) is 117 cm³/mol. The Bertz CT molecular complexity index is 1360. The molecule has 3 N–H and O–H groups in total. The van der Waals surface area contributed by atoms with Gasteiger partial charge < -0.3 is 29.0 Å². The number of methoxy groups -OCH3 is 2. The molecular formula is C23H24N3O7+. The normalized spacial score (nSPS) is 18.6. The first-order chi connectivity index (χ1) is 16.0. The summed E-state index contributed by atoms with van der Waals surface area (Å²) in [6.45, 7) is 0.763. The lowest BCUT2D eigenvalue weighted by molar-refractivity contribution is -0.908. The molecule has 2 aliphatic heterocycles. The van der Waals surface area contributed by atoms with Crippen LogP contribution in [0.3, 0.4) is 0 Å². The third-order valence-electron chi connectivity index (χ3n) is 6.25. The zero-order chi connectivity index (χ0) is 23.3. The highest BCUT2D eigenvalue weighted by Crippen LogP contribution is 2.48. The van der Waals surface area contributed by atoms with E-state index in [9.17, 15) is 14.7 Å². The lowest BCUT2D eigenvalue weighted by Crippen LogP contribution is -3.10. The van der Waals surface area contributed by atoms with Gasteiger partial charge in [-0.3, -0.25) is 9.78 Å². The average Bonchev–Trinajstić information content (AvgIpc) is 3.27. The molecule has 0 saturated carbocycles. The minimum atomic E-state index is -0.767. The molecule has 0 spiro atoms. The smallest absolute Gasteiger partial charge is 0.335 e. The van der Waals surface area contributed by atoms with E-state index in [1.165, 1.54) is 14.2 Å². The van der Waals surface area contributed by atoms with Crippen molar-refractivity contribution in [3.63, 3.8) is 0 Å². The Labute approximate surface area is 188 Å². The van der Waals surface area contributed by atoms with Gasteiger partial charge in [-0.1, -0.05) is 12.1 Å². The summed E-state index contributed by atoms with van der Waals surface area (Å²) in [6.07, 6.45) is 0.718. The topological polar surface area (TPSA) is 116 Å². The van der Waals surface area contributed by atoms with Crippen molar-refractivity contribution in [1.82, 2.24) is 9.55 Å². The predicted octanol–water partition coefficient (Wildman–Crippen LogP) is 0.137. The summed E-state index contributed by atoms with van der Waals surface area (Å²) in [5.74, 6) is 1.42. The molecule has 2 aliphatic rings. The van der Waals surface area contributed by atoms with Crippen LogP contribution in [0.25, 0.3) is 5.69 Å². The maximum absolute atomic E-state index is 13.1. The summed E-state index contributed by atoms with van der Waals surface area (Å²) < 4.78 is 23.3. The number of benzene rings is 2. The second kappa shape index (κ2) is 7.89. The van der Waals surface area contributed by atoms with Crippen molar-refractivity contribution in [2.24, 2.45) is 0 Å². The standard InChI is InChI=1S/C23H23N3O7/c1-25-9-8-12-10-15-19(33-11-32-15)20(31-3)16(12)18(25)17-21(27)24-23(29)26(22(17)28)13-6-4-5-7-14(13)30-2/h4-7,10,18,28H,8-9,11H2,1-3H3,(H,24,27,29)/p+1/t18-/m0/s1. The maximum atomic E-state index is 13.1. The molecule has 33 heavy (non-hydrogen) atoms. The molecule has 0 fully saturated rings. The molecule has 0 saturated heterocycles. The highest BCUT2D eigenvalue weighted by molar-refractivity contribution is 5.63. The van der Waals surface area contributed by atoms with Gasteiger partial charge in [-0.15, -0.1) is 0 Å². The maximum Gasteiger partial charge on any atom is 0.335 e. The van der Waals surface area contributed by atoms with Crippen molar-refractivity contribution in [3.05, 3.63) is 67.9 Å². The number of H-pyrrole nitrogens is 1. The summed E-state index contributed by atoms with van der Waals surface area (Å²) in [5.41, 5.74) is 0.581. The Morgan fingerprint density at radius 3 is 2.70 bits per heavy atom. The number of hydrogen-bond acceptors (Lipinski definition) is 7. The average molecular weight is 454 g/mol. The molecule has 1 unspecified atom stereocenters. The molecule has 1 aromatic heterocycles. The van der Waals surface area contributed by atoms with Gasteiger partial charge in [-0.2, -0.15) is 0 Å². The van der Waals surface area contributed by atoms with Gasteiger partial charge in [0.05, 0.1) is 39.1 Å². The number of aromatic hydroxyl groups is 1. The first-order valence-corrected chi connectivity index (χ1v) is 10.5. The number of rotatable bonds is 4. The molecule has 10 heteroatoms. The molecule has 2 atom stereocenters. The Kier molecular flexibility index (Phi) is 5.01. The lowest BCUT2D eigenvalue weighted by atomic mass is 9.87. The number of fused-ring (bicyclic) bond motifs is 2. The second-order valence-corrected chi connectivity index (χ2v) is 8.00. The zero-order valence-electron chi connectivity index (χ0n) is 18.4. The third-order valence-corrected chi connectivity index (χ3v) is 6.25. The molecule has 172 valence electrons. The SMILES string of the molecule is COc1ccccc1-n1c(O)c([C@@H]2c3c(cc4c(c3OC)OCO4)CC[NH+]2C)c(=O)[nH]c1=O. The van der Waals surface area contributed by atoms with Crippen LogP contribution in [0.5, 0.6) is 28.9 Å². The first kappa shape index (κ1) is 21.0. The van der Waals surface area contributed by atoms with Gasteiger partial charge in [0, 0.05) is 6.42 Å². The van der Waals surface area contributed by atoms with E-state index in [1.54, 1.807) is 24.3 Å². The Morgan fingerprint density at radius 2 is 1.94 bits per heavy atom. The van der Waals surface area contributed by atoms with E-state index in [4.69, 9.17) is 18.9 Å². The Balaban J connectivity index is 1.80. The monoisotopic (exact) mass is 454 g/mol. The molecule has 3 aromatic rings. The van der Waals surface area contributed by atoms with Gasteiger partial charge in [0.15, 0.2) is 17.5 Å². The molecule has 0 bridgehead atoms. The molecule has 0 aliphatic carbocycles. The molecule has 2 aromatic carbocycles. The highest BCUT2D eigenvalue weighted by atomic mass is 16.7. The fourth-order valence-corrected chi connectivity index (χ4v) is 4.75. The summed E-state index contributed by atoms with van der Waals surface area (Å²) in [6, 6.07) is 8.03. The number of para-hydroxylation sites is 2. The van der Waals surface area contributed by atoms with Crippen LogP contribution in [0.15, 0.2) is 39.9 Å². The zero-order valence-corrected chi connectivity index (χ0v) is 18.4. The Morgan fingerprint density at radius 1 is 1.15 bits per heavy atom. The van der Waals surface area contributed by atoms with Gasteiger partial charge in [0.2, 0.25) is 18.4 Å². The number of nitrogens with one attached hydrogen (secondary N) is 2. The lowest BCUT2D eigenvalue weighted by Gasteiger charge is -2.33. The van der Waals surface area contributed by atoms with Crippen LogP contribution in [0.4, 0.5) is 0 Å². The molecule has 5 rings (SSSR count). The van der Waals surface area contributed by atoms with Gasteiger partial charge in [-0.25, -0.2) is 9.36 Å². The van der Waals surface area contributed by atoms with Crippen LogP contribution in [0, 0.1) is 0 Å². The number of hydrogen-bond donors (Lipinski definition) is 3. The van der Waals surface area contributed by atoms with Crippen molar-refractivity contribution in [1.29, 1.82) is 0 Å². The van der Waals surface area contributed by atoms with Gasteiger partial charge in [0.1, 0.15) is 11.3 Å². The fourth-order valence-electron chi connectivity index (χ4n) is 4.75. The quantitative estimate of drug-likeness (QED) is 0.513. The van der Waals surface area contributed by atoms with E-state index in [2.05, 4.69) is 4.98 Å². The molecule has 0 radical (unpaired) electrons. The van der Waals surface area contributed by atoms with E-state index in [1.807, 2.05) is 13.1 Å². The number of quaternary nitrogens is 1. The largest absolute Gasteiger partial charge is 0.495 e. The summed E-state index contributed by atoms with van der Waals surface area (Å²) in [4.78, 5) is 29.2. The molecule has 3 heterocycles. The van der Waals surface area contributed by atoms with Crippen LogP contribution in [0.2, 0.25) is 0 Å². The van der Waals surface area contributed by atoms with E-state index >= 15 is 0 Å².